The lowest BCUT2D eigenvalue weighted by Crippen LogP contribution is -2.34. The molecule has 1 aromatic carbocycles. The third kappa shape index (κ3) is 2.79. The molecule has 0 radical (unpaired) electrons. The van der Waals surface area contributed by atoms with Gasteiger partial charge in [-0.25, -0.2) is 4.39 Å². The van der Waals surface area contributed by atoms with Crippen LogP contribution in [0.2, 0.25) is 0 Å². The van der Waals surface area contributed by atoms with E-state index in [4.69, 9.17) is 5.73 Å². The van der Waals surface area contributed by atoms with Crippen molar-refractivity contribution in [1.82, 2.24) is 14.8 Å². The van der Waals surface area contributed by atoms with Crippen LogP contribution in [0.4, 0.5) is 10.3 Å². The Bertz CT molecular complexity index is 676. The lowest BCUT2D eigenvalue weighted by atomic mass is 9.76. The Morgan fingerprint density at radius 2 is 2.24 bits per heavy atom. The Morgan fingerprint density at radius 1 is 1.48 bits per heavy atom. The maximum absolute atomic E-state index is 13.2. The van der Waals surface area contributed by atoms with Gasteiger partial charge in [0.25, 0.3) is 5.91 Å². The molecule has 1 heterocycles. The number of carbonyl (C=O) groups is 1. The number of carbonyl (C=O) groups excluding carboxylic acids is 1. The lowest BCUT2D eigenvalue weighted by Gasteiger charge is -2.30. The van der Waals surface area contributed by atoms with Gasteiger partial charge in [0.05, 0.1) is 0 Å². The van der Waals surface area contributed by atoms with Crippen LogP contribution in [0.15, 0.2) is 24.3 Å². The van der Waals surface area contributed by atoms with Gasteiger partial charge in [-0.05, 0) is 36.5 Å². The summed E-state index contributed by atoms with van der Waals surface area (Å²) >= 11 is 0. The number of aromatic nitrogens is 3. The van der Waals surface area contributed by atoms with E-state index >= 15 is 0 Å². The first kappa shape index (κ1) is 13.7. The minimum atomic E-state index is -0.314. The van der Waals surface area contributed by atoms with Gasteiger partial charge in [-0.3, -0.25) is 4.79 Å². The van der Waals surface area contributed by atoms with Gasteiger partial charge in [0.1, 0.15) is 11.6 Å². The Kier molecular flexibility index (Phi) is 3.45. The molecule has 21 heavy (non-hydrogen) atoms. The smallest absolute Gasteiger partial charge is 0.251 e. The molecule has 0 amide bonds. The van der Waals surface area contributed by atoms with E-state index in [1.165, 1.54) is 16.8 Å². The molecule has 3 rings (SSSR count). The summed E-state index contributed by atoms with van der Waals surface area (Å²) in [6.45, 7) is 2.12. The molecule has 1 aromatic heterocycles. The Morgan fingerprint density at radius 3 is 2.90 bits per heavy atom. The monoisotopic (exact) mass is 288 g/mol. The molecule has 2 N–H and O–H groups in total. The Labute approximate surface area is 122 Å². The standard InChI is InChI=1S/C15H17FN4O/c1-9-5-11(6-9)14(21)20-13(18-15(17)19-20)8-10-3-2-4-12(16)7-10/h2-4,7,9,11H,5-6,8H2,1H3,(H2,17,19). The van der Waals surface area contributed by atoms with Gasteiger partial charge in [0, 0.05) is 12.3 Å². The molecule has 1 saturated carbocycles. The second-order valence-corrected chi connectivity index (χ2v) is 5.72. The summed E-state index contributed by atoms with van der Waals surface area (Å²) in [4.78, 5) is 16.5. The van der Waals surface area contributed by atoms with Crippen LogP contribution in [0.25, 0.3) is 0 Å². The van der Waals surface area contributed by atoms with E-state index in [1.54, 1.807) is 12.1 Å². The second-order valence-electron chi connectivity index (χ2n) is 5.72. The molecule has 6 heteroatoms. The van der Waals surface area contributed by atoms with Gasteiger partial charge in [0.15, 0.2) is 0 Å². The zero-order chi connectivity index (χ0) is 15.0. The van der Waals surface area contributed by atoms with Crippen LogP contribution in [-0.2, 0) is 6.42 Å². The van der Waals surface area contributed by atoms with Crippen LogP contribution in [-0.4, -0.2) is 20.7 Å². The van der Waals surface area contributed by atoms with Gasteiger partial charge >= 0.3 is 0 Å². The molecular weight excluding hydrogens is 271 g/mol. The molecule has 0 atom stereocenters. The SMILES string of the molecule is CC1CC(C(=O)n2nc(N)nc2Cc2cccc(F)c2)C1. The van der Waals surface area contributed by atoms with Gasteiger partial charge < -0.3 is 5.73 Å². The quantitative estimate of drug-likeness (QED) is 0.940. The number of hydrogen-bond acceptors (Lipinski definition) is 4. The van der Waals surface area contributed by atoms with E-state index in [1.807, 2.05) is 0 Å². The zero-order valence-corrected chi connectivity index (χ0v) is 11.8. The number of rotatable bonds is 3. The van der Waals surface area contributed by atoms with E-state index < -0.39 is 0 Å². The Balaban J connectivity index is 1.84. The lowest BCUT2D eigenvalue weighted by molar-refractivity contribution is 0.0677. The molecule has 0 aliphatic heterocycles. The van der Waals surface area contributed by atoms with Crippen molar-refractivity contribution in [3.05, 3.63) is 41.5 Å². The minimum Gasteiger partial charge on any atom is -0.366 e. The van der Waals surface area contributed by atoms with Crippen LogP contribution >= 0.6 is 0 Å². The largest absolute Gasteiger partial charge is 0.366 e. The van der Waals surface area contributed by atoms with Gasteiger partial charge in [-0.2, -0.15) is 9.67 Å². The first-order valence-corrected chi connectivity index (χ1v) is 7.03. The van der Waals surface area contributed by atoms with E-state index in [2.05, 4.69) is 17.0 Å². The van der Waals surface area contributed by atoms with Gasteiger partial charge in [-0.1, -0.05) is 19.1 Å². The third-order valence-electron chi connectivity index (χ3n) is 3.87. The number of hydrogen-bond donors (Lipinski definition) is 1. The van der Waals surface area contributed by atoms with Gasteiger partial charge in [-0.15, -0.1) is 5.10 Å². The van der Waals surface area contributed by atoms with Crippen molar-refractivity contribution in [2.45, 2.75) is 26.2 Å². The molecule has 5 nitrogen and oxygen atoms in total. The van der Waals surface area contributed by atoms with Crippen LogP contribution in [0.1, 0.15) is 35.9 Å². The second kappa shape index (κ2) is 5.27. The third-order valence-corrected chi connectivity index (χ3v) is 3.87. The number of benzene rings is 1. The number of nitrogens with zero attached hydrogens (tertiary/aromatic N) is 3. The number of nitrogen functional groups attached to an aromatic ring is 1. The molecule has 0 unspecified atom stereocenters. The van der Waals surface area contributed by atoms with Crippen LogP contribution < -0.4 is 5.73 Å². The summed E-state index contributed by atoms with van der Waals surface area (Å²) in [5, 5.41) is 4.00. The molecule has 1 fully saturated rings. The first-order chi connectivity index (χ1) is 10.0. The fraction of sp³-hybridized carbons (Fsp3) is 0.400. The molecular formula is C15H17FN4O. The average Bonchev–Trinajstić information content (AvgIpc) is 2.75. The fourth-order valence-corrected chi connectivity index (χ4v) is 2.76. The fourth-order valence-electron chi connectivity index (χ4n) is 2.76. The van der Waals surface area contributed by atoms with Crippen LogP contribution in [0, 0.1) is 17.7 Å². The zero-order valence-electron chi connectivity index (χ0n) is 11.8. The number of anilines is 1. The summed E-state index contributed by atoms with van der Waals surface area (Å²) in [7, 11) is 0. The Hall–Kier alpha value is -2.24. The summed E-state index contributed by atoms with van der Waals surface area (Å²) in [6.07, 6.45) is 2.08. The number of halogens is 1. The normalized spacial score (nSPS) is 21.0. The van der Waals surface area contributed by atoms with Crippen molar-refractivity contribution >= 4 is 11.9 Å². The molecule has 2 aromatic rings. The summed E-state index contributed by atoms with van der Waals surface area (Å²) in [5.74, 6) is 0.720. The highest BCUT2D eigenvalue weighted by Gasteiger charge is 2.34. The van der Waals surface area contributed by atoms with Crippen LogP contribution in [0.3, 0.4) is 0 Å². The summed E-state index contributed by atoms with van der Waals surface area (Å²) in [6, 6.07) is 6.22. The molecule has 0 spiro atoms. The maximum Gasteiger partial charge on any atom is 0.251 e. The first-order valence-electron chi connectivity index (χ1n) is 7.03. The summed E-state index contributed by atoms with van der Waals surface area (Å²) in [5.41, 5.74) is 6.35. The van der Waals surface area contributed by atoms with Crippen molar-refractivity contribution in [1.29, 1.82) is 0 Å². The van der Waals surface area contributed by atoms with Crippen LogP contribution in [0.5, 0.6) is 0 Å². The average molecular weight is 288 g/mol. The highest BCUT2D eigenvalue weighted by molar-refractivity contribution is 5.82. The molecule has 1 aliphatic rings. The predicted molar refractivity (Wildman–Crippen MR) is 76.2 cm³/mol. The van der Waals surface area contributed by atoms with Crippen molar-refractivity contribution in [3.63, 3.8) is 0 Å². The van der Waals surface area contributed by atoms with Gasteiger partial charge in [0.2, 0.25) is 5.95 Å². The van der Waals surface area contributed by atoms with Crippen molar-refractivity contribution in [3.8, 4) is 0 Å². The molecule has 0 bridgehead atoms. The van der Waals surface area contributed by atoms with E-state index in [0.29, 0.717) is 18.2 Å². The molecule has 0 saturated heterocycles. The van der Waals surface area contributed by atoms with Crippen molar-refractivity contribution in [2.75, 3.05) is 5.73 Å². The van der Waals surface area contributed by atoms with E-state index in [0.717, 1.165) is 18.4 Å². The van der Waals surface area contributed by atoms with E-state index in [-0.39, 0.29) is 23.6 Å². The topological polar surface area (TPSA) is 73.8 Å². The molecule has 110 valence electrons. The minimum absolute atomic E-state index is 0.00707. The van der Waals surface area contributed by atoms with Crippen molar-refractivity contribution < 1.29 is 9.18 Å². The predicted octanol–water partition coefficient (Wildman–Crippen LogP) is 2.28. The van der Waals surface area contributed by atoms with E-state index in [9.17, 15) is 9.18 Å². The maximum atomic E-state index is 13.2. The highest BCUT2D eigenvalue weighted by atomic mass is 19.1. The summed E-state index contributed by atoms with van der Waals surface area (Å²) < 4.78 is 14.5. The highest BCUT2D eigenvalue weighted by Crippen LogP contribution is 2.34. The van der Waals surface area contributed by atoms with Crippen molar-refractivity contribution in [2.24, 2.45) is 11.8 Å². The molecule has 1 aliphatic carbocycles. The number of nitrogens with two attached hydrogens (primary N) is 1.